The van der Waals surface area contributed by atoms with Crippen molar-refractivity contribution < 1.29 is 9.53 Å². The average molecular weight is 327 g/mol. The van der Waals surface area contributed by atoms with Crippen LogP contribution in [0.1, 0.15) is 32.1 Å². The number of rotatable bonds is 5. The Kier molecular flexibility index (Phi) is 5.79. The smallest absolute Gasteiger partial charge is 0.225 e. The molecule has 0 saturated carbocycles. The Bertz CT molecular complexity index is 402. The van der Waals surface area contributed by atoms with Gasteiger partial charge in [0.25, 0.3) is 0 Å². The molecule has 2 heterocycles. The van der Waals surface area contributed by atoms with Crippen LogP contribution in [0.4, 0.5) is 5.82 Å². The first-order chi connectivity index (χ1) is 9.24. The van der Waals surface area contributed by atoms with E-state index in [1.54, 1.807) is 12.3 Å². The summed E-state index contributed by atoms with van der Waals surface area (Å²) in [4.78, 5) is 15.9. The zero-order valence-electron chi connectivity index (χ0n) is 10.9. The third kappa shape index (κ3) is 5.28. The van der Waals surface area contributed by atoms with Crippen LogP contribution < -0.4 is 5.32 Å². The Hall–Kier alpha value is -0.940. The maximum Gasteiger partial charge on any atom is 0.225 e. The lowest BCUT2D eigenvalue weighted by atomic mass is 9.94. The largest absolute Gasteiger partial charge is 0.381 e. The highest BCUT2D eigenvalue weighted by atomic mass is 79.9. The predicted molar refractivity (Wildman–Crippen MR) is 78.0 cm³/mol. The van der Waals surface area contributed by atoms with Gasteiger partial charge in [-0.3, -0.25) is 4.79 Å². The molecule has 1 aliphatic heterocycles. The number of hydrogen-bond donors (Lipinski definition) is 1. The number of nitrogens with one attached hydrogen (secondary N) is 1. The molecular formula is C14H19BrN2O2. The topological polar surface area (TPSA) is 51.2 Å². The molecule has 0 radical (unpaired) electrons. The normalized spacial score (nSPS) is 16.3. The molecule has 1 amide bonds. The summed E-state index contributed by atoms with van der Waals surface area (Å²) >= 11 is 3.31. The van der Waals surface area contributed by atoms with Crippen molar-refractivity contribution >= 4 is 27.7 Å². The van der Waals surface area contributed by atoms with Gasteiger partial charge in [0.05, 0.1) is 0 Å². The van der Waals surface area contributed by atoms with Gasteiger partial charge < -0.3 is 10.1 Å². The van der Waals surface area contributed by atoms with E-state index in [0.717, 1.165) is 49.3 Å². The molecule has 1 aliphatic rings. The summed E-state index contributed by atoms with van der Waals surface area (Å²) in [6.07, 6.45) is 6.57. The predicted octanol–water partition coefficient (Wildman–Crippen LogP) is 3.38. The minimum atomic E-state index is 0.0434. The highest BCUT2D eigenvalue weighted by Gasteiger charge is 2.14. The van der Waals surface area contributed by atoms with Crippen LogP contribution >= 0.6 is 15.9 Å². The molecule has 1 saturated heterocycles. The number of aromatic nitrogens is 1. The van der Waals surface area contributed by atoms with Crippen LogP contribution in [-0.4, -0.2) is 24.1 Å². The third-order valence-corrected chi connectivity index (χ3v) is 3.82. The summed E-state index contributed by atoms with van der Waals surface area (Å²) in [6, 6.07) is 3.66. The van der Waals surface area contributed by atoms with E-state index >= 15 is 0 Å². The van der Waals surface area contributed by atoms with Crippen molar-refractivity contribution in [1.82, 2.24) is 4.98 Å². The van der Waals surface area contributed by atoms with Crippen molar-refractivity contribution in [2.45, 2.75) is 32.1 Å². The van der Waals surface area contributed by atoms with Gasteiger partial charge in [0, 0.05) is 30.3 Å². The molecule has 1 aromatic heterocycles. The third-order valence-electron chi connectivity index (χ3n) is 3.35. The molecule has 19 heavy (non-hydrogen) atoms. The molecule has 0 bridgehead atoms. The number of anilines is 1. The number of carbonyl (C=O) groups is 1. The Balaban J connectivity index is 1.65. The SMILES string of the molecule is O=C(CCCC1CCOCC1)Nc1ccc(Br)cn1. The number of amides is 1. The van der Waals surface area contributed by atoms with E-state index in [2.05, 4.69) is 26.2 Å². The number of hydrogen-bond acceptors (Lipinski definition) is 3. The number of ether oxygens (including phenoxy) is 1. The van der Waals surface area contributed by atoms with Crippen molar-refractivity contribution in [3.63, 3.8) is 0 Å². The van der Waals surface area contributed by atoms with Gasteiger partial charge >= 0.3 is 0 Å². The van der Waals surface area contributed by atoms with Crippen molar-refractivity contribution in [2.75, 3.05) is 18.5 Å². The van der Waals surface area contributed by atoms with Crippen LogP contribution in [-0.2, 0) is 9.53 Å². The second-order valence-electron chi connectivity index (χ2n) is 4.86. The highest BCUT2D eigenvalue weighted by Crippen LogP contribution is 2.21. The van der Waals surface area contributed by atoms with Gasteiger partial charge in [-0.05, 0) is 59.7 Å². The Morgan fingerprint density at radius 3 is 2.89 bits per heavy atom. The van der Waals surface area contributed by atoms with Crippen LogP contribution in [0, 0.1) is 5.92 Å². The fourth-order valence-corrected chi connectivity index (χ4v) is 2.48. The molecule has 5 heteroatoms. The summed E-state index contributed by atoms with van der Waals surface area (Å²) in [5, 5.41) is 2.81. The highest BCUT2D eigenvalue weighted by molar-refractivity contribution is 9.10. The molecule has 1 aromatic rings. The quantitative estimate of drug-likeness (QED) is 0.902. The van der Waals surface area contributed by atoms with Crippen LogP contribution in [0.5, 0.6) is 0 Å². The minimum absolute atomic E-state index is 0.0434. The molecule has 1 N–H and O–H groups in total. The number of nitrogens with zero attached hydrogens (tertiary/aromatic N) is 1. The van der Waals surface area contributed by atoms with E-state index in [0.29, 0.717) is 12.2 Å². The van der Waals surface area contributed by atoms with E-state index in [1.165, 1.54) is 0 Å². The fraction of sp³-hybridized carbons (Fsp3) is 0.571. The van der Waals surface area contributed by atoms with Crippen LogP contribution in [0.3, 0.4) is 0 Å². The first kappa shape index (κ1) is 14.5. The van der Waals surface area contributed by atoms with Gasteiger partial charge in [-0.2, -0.15) is 0 Å². The molecule has 0 aliphatic carbocycles. The summed E-state index contributed by atoms with van der Waals surface area (Å²) < 4.78 is 6.23. The first-order valence-electron chi connectivity index (χ1n) is 6.73. The lowest BCUT2D eigenvalue weighted by Crippen LogP contribution is -2.17. The summed E-state index contributed by atoms with van der Waals surface area (Å²) in [5.41, 5.74) is 0. The standard InChI is InChI=1S/C14H19BrN2O2/c15-12-4-5-13(16-10-12)17-14(18)3-1-2-11-6-8-19-9-7-11/h4-5,10-11H,1-3,6-9H2,(H,16,17,18). The van der Waals surface area contributed by atoms with Gasteiger partial charge in [-0.15, -0.1) is 0 Å². The molecule has 0 unspecified atom stereocenters. The zero-order chi connectivity index (χ0) is 13.5. The fourth-order valence-electron chi connectivity index (χ4n) is 2.24. The summed E-state index contributed by atoms with van der Waals surface area (Å²) in [6.45, 7) is 1.75. The van der Waals surface area contributed by atoms with Gasteiger partial charge in [-0.25, -0.2) is 4.98 Å². The van der Waals surface area contributed by atoms with Crippen LogP contribution in [0.25, 0.3) is 0 Å². The molecule has 0 spiro atoms. The molecule has 1 fully saturated rings. The summed E-state index contributed by atoms with van der Waals surface area (Å²) in [5.74, 6) is 1.38. The first-order valence-corrected chi connectivity index (χ1v) is 7.52. The zero-order valence-corrected chi connectivity index (χ0v) is 12.5. The lowest BCUT2D eigenvalue weighted by Gasteiger charge is -2.21. The molecule has 2 rings (SSSR count). The second-order valence-corrected chi connectivity index (χ2v) is 5.77. The minimum Gasteiger partial charge on any atom is -0.381 e. The van der Waals surface area contributed by atoms with E-state index < -0.39 is 0 Å². The van der Waals surface area contributed by atoms with Crippen molar-refractivity contribution in [2.24, 2.45) is 5.92 Å². The monoisotopic (exact) mass is 326 g/mol. The van der Waals surface area contributed by atoms with Crippen molar-refractivity contribution in [1.29, 1.82) is 0 Å². The second kappa shape index (κ2) is 7.60. The number of carbonyl (C=O) groups excluding carboxylic acids is 1. The van der Waals surface area contributed by atoms with E-state index in [4.69, 9.17) is 4.74 Å². The lowest BCUT2D eigenvalue weighted by molar-refractivity contribution is -0.116. The molecular weight excluding hydrogens is 308 g/mol. The molecule has 104 valence electrons. The van der Waals surface area contributed by atoms with Crippen LogP contribution in [0.15, 0.2) is 22.8 Å². The van der Waals surface area contributed by atoms with Crippen LogP contribution in [0.2, 0.25) is 0 Å². The van der Waals surface area contributed by atoms with Crippen molar-refractivity contribution in [3.05, 3.63) is 22.8 Å². The molecule has 0 atom stereocenters. The number of pyridine rings is 1. The van der Waals surface area contributed by atoms with E-state index in [-0.39, 0.29) is 5.91 Å². The molecule has 4 nitrogen and oxygen atoms in total. The Morgan fingerprint density at radius 2 is 2.21 bits per heavy atom. The van der Waals surface area contributed by atoms with E-state index in [9.17, 15) is 4.79 Å². The van der Waals surface area contributed by atoms with Gasteiger partial charge in [-0.1, -0.05) is 0 Å². The average Bonchev–Trinajstić information content (AvgIpc) is 2.43. The molecule has 0 aromatic carbocycles. The summed E-state index contributed by atoms with van der Waals surface area (Å²) in [7, 11) is 0. The van der Waals surface area contributed by atoms with E-state index in [1.807, 2.05) is 6.07 Å². The van der Waals surface area contributed by atoms with Gasteiger partial charge in [0.2, 0.25) is 5.91 Å². The number of halogens is 1. The maximum atomic E-state index is 11.8. The van der Waals surface area contributed by atoms with Gasteiger partial charge in [0.15, 0.2) is 0 Å². The maximum absolute atomic E-state index is 11.8. The Labute approximate surface area is 122 Å². The Morgan fingerprint density at radius 1 is 1.42 bits per heavy atom. The van der Waals surface area contributed by atoms with Gasteiger partial charge in [0.1, 0.15) is 5.82 Å². The van der Waals surface area contributed by atoms with Crippen molar-refractivity contribution in [3.8, 4) is 0 Å².